The number of carbonyl (C=O) groups is 1. The highest BCUT2D eigenvalue weighted by atomic mass is 127. The second-order valence-corrected chi connectivity index (χ2v) is 8.17. The van der Waals surface area contributed by atoms with Crippen LogP contribution in [0.2, 0.25) is 5.28 Å². The van der Waals surface area contributed by atoms with E-state index in [2.05, 4.69) is 54.2 Å². The topological polar surface area (TPSA) is 114 Å². The van der Waals surface area contributed by atoms with Crippen LogP contribution in [0.4, 0.5) is 5.82 Å². The summed E-state index contributed by atoms with van der Waals surface area (Å²) in [6.45, 7) is 0.535. The number of fused-ring (bicyclic) bond motifs is 1. The van der Waals surface area contributed by atoms with E-state index in [0.29, 0.717) is 23.5 Å². The van der Waals surface area contributed by atoms with Crippen LogP contribution < -0.4 is 10.6 Å². The lowest BCUT2D eigenvalue weighted by Gasteiger charge is -2.16. The number of likely N-dealkylation sites (N-methyl/N-ethyl adjacent to an activating group) is 1. The predicted octanol–water partition coefficient (Wildman–Crippen LogP) is 2.09. The average molecular weight is 529 g/mol. The molecular weight excluding hydrogens is 511 g/mol. The Morgan fingerprint density at radius 3 is 3.03 bits per heavy atom. The zero-order valence-electron chi connectivity index (χ0n) is 15.3. The minimum Gasteiger partial charge on any atom is -0.388 e. The summed E-state index contributed by atoms with van der Waals surface area (Å²) in [6.07, 6.45) is -0.733. The van der Waals surface area contributed by atoms with Crippen LogP contribution in [0.3, 0.4) is 0 Å². The molecule has 9 nitrogen and oxygen atoms in total. The van der Waals surface area contributed by atoms with Gasteiger partial charge in [0.05, 0.1) is 6.33 Å². The summed E-state index contributed by atoms with van der Waals surface area (Å²) in [5.74, 6) is 0.191. The Labute approximate surface area is 185 Å². The summed E-state index contributed by atoms with van der Waals surface area (Å²) in [5, 5.41) is 16.2. The Balaban J connectivity index is 1.62. The molecule has 29 heavy (non-hydrogen) atoms. The fourth-order valence-electron chi connectivity index (χ4n) is 3.26. The standard InChI is InChI=1S/C18H18ClIN6O3/c1-21-16(28)12-6-11(27)17(29-12)26-8-23-13-14(24-18(19)25-15(13)26)22-7-9-3-2-4-10(20)5-9/h2-5,8,11-12,17,27H,6-7H2,1H3,(H,21,28)(H,22,24,25)/t11-,12+,17-/m1/s1. The molecule has 3 atom stereocenters. The largest absolute Gasteiger partial charge is 0.388 e. The van der Waals surface area contributed by atoms with Crippen LogP contribution in [0.25, 0.3) is 11.2 Å². The second-order valence-electron chi connectivity index (χ2n) is 6.58. The number of carbonyl (C=O) groups excluding carboxylic acids is 1. The lowest BCUT2D eigenvalue weighted by molar-refractivity contribution is -0.134. The van der Waals surface area contributed by atoms with E-state index in [-0.39, 0.29) is 17.6 Å². The summed E-state index contributed by atoms with van der Waals surface area (Å²) in [7, 11) is 1.52. The Morgan fingerprint density at radius 1 is 1.45 bits per heavy atom. The van der Waals surface area contributed by atoms with E-state index in [4.69, 9.17) is 16.3 Å². The van der Waals surface area contributed by atoms with Crippen molar-refractivity contribution in [3.8, 4) is 0 Å². The molecule has 2 aromatic heterocycles. The number of amides is 1. The molecule has 1 aromatic carbocycles. The monoisotopic (exact) mass is 528 g/mol. The highest BCUT2D eigenvalue weighted by molar-refractivity contribution is 14.1. The number of nitrogens with one attached hydrogen (secondary N) is 2. The molecule has 1 aliphatic rings. The average Bonchev–Trinajstić information content (AvgIpc) is 3.28. The molecule has 0 saturated carbocycles. The normalized spacial score (nSPS) is 21.4. The maximum absolute atomic E-state index is 11.9. The molecule has 1 fully saturated rings. The van der Waals surface area contributed by atoms with Gasteiger partial charge in [-0.05, 0) is 51.9 Å². The van der Waals surface area contributed by atoms with Crippen LogP contribution in [0.15, 0.2) is 30.6 Å². The quantitative estimate of drug-likeness (QED) is 0.343. The number of anilines is 1. The first-order valence-corrected chi connectivity index (χ1v) is 10.4. The molecular formula is C18H18ClIN6O3. The van der Waals surface area contributed by atoms with Crippen molar-refractivity contribution in [3.05, 3.63) is 45.0 Å². The summed E-state index contributed by atoms with van der Waals surface area (Å²) in [4.78, 5) is 24.8. The zero-order valence-corrected chi connectivity index (χ0v) is 18.3. The Hall–Kier alpha value is -2.02. The molecule has 1 aliphatic heterocycles. The summed E-state index contributed by atoms with van der Waals surface area (Å²) >= 11 is 8.39. The first-order valence-electron chi connectivity index (χ1n) is 8.89. The van der Waals surface area contributed by atoms with Crippen molar-refractivity contribution < 1.29 is 14.6 Å². The number of nitrogens with zero attached hydrogens (tertiary/aromatic N) is 4. The highest BCUT2D eigenvalue weighted by Crippen LogP contribution is 2.32. The van der Waals surface area contributed by atoms with E-state index < -0.39 is 18.4 Å². The molecule has 11 heteroatoms. The lowest BCUT2D eigenvalue weighted by Crippen LogP contribution is -2.31. The van der Waals surface area contributed by atoms with Crippen LogP contribution in [-0.4, -0.2) is 49.8 Å². The number of benzene rings is 1. The maximum Gasteiger partial charge on any atom is 0.249 e. The molecule has 3 N–H and O–H groups in total. The van der Waals surface area contributed by atoms with Gasteiger partial charge in [-0.1, -0.05) is 12.1 Å². The van der Waals surface area contributed by atoms with Crippen molar-refractivity contribution in [2.45, 2.75) is 31.4 Å². The lowest BCUT2D eigenvalue weighted by atomic mass is 10.2. The number of halogens is 2. The Morgan fingerprint density at radius 2 is 2.28 bits per heavy atom. The smallest absolute Gasteiger partial charge is 0.249 e. The number of hydrogen-bond donors (Lipinski definition) is 3. The molecule has 0 unspecified atom stereocenters. The third kappa shape index (κ3) is 4.15. The summed E-state index contributed by atoms with van der Waals surface area (Å²) < 4.78 is 8.45. The van der Waals surface area contributed by atoms with E-state index in [1.165, 1.54) is 13.4 Å². The molecule has 0 radical (unpaired) electrons. The van der Waals surface area contributed by atoms with Gasteiger partial charge in [-0.15, -0.1) is 0 Å². The van der Waals surface area contributed by atoms with Crippen LogP contribution in [0.1, 0.15) is 18.2 Å². The molecule has 1 amide bonds. The number of rotatable bonds is 5. The first-order chi connectivity index (χ1) is 14.0. The van der Waals surface area contributed by atoms with Gasteiger partial charge in [0, 0.05) is 23.6 Å². The van der Waals surface area contributed by atoms with Gasteiger partial charge in [-0.25, -0.2) is 4.98 Å². The molecule has 0 spiro atoms. The van der Waals surface area contributed by atoms with Gasteiger partial charge >= 0.3 is 0 Å². The fraction of sp³-hybridized carbons (Fsp3) is 0.333. The van der Waals surface area contributed by atoms with Crippen molar-refractivity contribution >= 4 is 57.1 Å². The Kier molecular flexibility index (Phi) is 5.86. The molecule has 152 valence electrons. The van der Waals surface area contributed by atoms with E-state index in [0.717, 1.165) is 9.13 Å². The molecule has 4 rings (SSSR count). The van der Waals surface area contributed by atoms with Crippen LogP contribution in [-0.2, 0) is 16.1 Å². The van der Waals surface area contributed by atoms with Gasteiger partial charge in [0.25, 0.3) is 0 Å². The third-order valence-corrected chi connectivity index (χ3v) is 5.48. The van der Waals surface area contributed by atoms with E-state index >= 15 is 0 Å². The Bertz CT molecular complexity index is 1060. The zero-order chi connectivity index (χ0) is 20.5. The van der Waals surface area contributed by atoms with Crippen molar-refractivity contribution in [1.82, 2.24) is 24.8 Å². The van der Waals surface area contributed by atoms with Crippen LogP contribution in [0.5, 0.6) is 0 Å². The van der Waals surface area contributed by atoms with Crippen molar-refractivity contribution in [1.29, 1.82) is 0 Å². The maximum atomic E-state index is 11.9. The molecule has 0 aliphatic carbocycles. The van der Waals surface area contributed by atoms with Crippen LogP contribution in [0, 0.1) is 3.57 Å². The fourth-order valence-corrected chi connectivity index (χ4v) is 4.04. The minimum absolute atomic E-state index is 0.0414. The predicted molar refractivity (Wildman–Crippen MR) is 115 cm³/mol. The van der Waals surface area contributed by atoms with Crippen molar-refractivity contribution in [2.75, 3.05) is 12.4 Å². The van der Waals surface area contributed by atoms with Crippen LogP contribution >= 0.6 is 34.2 Å². The number of ether oxygens (including phenoxy) is 1. The van der Waals surface area contributed by atoms with E-state index in [9.17, 15) is 9.90 Å². The van der Waals surface area contributed by atoms with Gasteiger partial charge in [0.2, 0.25) is 11.2 Å². The molecule has 0 bridgehead atoms. The number of hydrogen-bond acceptors (Lipinski definition) is 7. The van der Waals surface area contributed by atoms with Gasteiger partial charge in [-0.2, -0.15) is 9.97 Å². The summed E-state index contributed by atoms with van der Waals surface area (Å²) in [6, 6.07) is 8.07. The number of aromatic nitrogens is 4. The third-order valence-electron chi connectivity index (χ3n) is 4.64. The van der Waals surface area contributed by atoms with Crippen molar-refractivity contribution in [2.24, 2.45) is 0 Å². The molecule has 1 saturated heterocycles. The SMILES string of the molecule is CNC(=O)[C@@H]1C[C@@H](O)[C@H](n2cnc3c(NCc4cccc(I)c4)nc(Cl)nc32)O1. The van der Waals surface area contributed by atoms with Gasteiger partial charge < -0.3 is 20.5 Å². The van der Waals surface area contributed by atoms with Crippen molar-refractivity contribution in [3.63, 3.8) is 0 Å². The van der Waals surface area contributed by atoms with Gasteiger partial charge in [-0.3, -0.25) is 9.36 Å². The van der Waals surface area contributed by atoms with Gasteiger partial charge in [0.15, 0.2) is 23.2 Å². The highest BCUT2D eigenvalue weighted by Gasteiger charge is 2.39. The minimum atomic E-state index is -0.883. The second kappa shape index (κ2) is 8.38. The van der Waals surface area contributed by atoms with E-state index in [1.807, 2.05) is 18.2 Å². The first kappa shape index (κ1) is 20.3. The molecule has 3 aromatic rings. The number of aliphatic hydroxyl groups excluding tert-OH is 1. The summed E-state index contributed by atoms with van der Waals surface area (Å²) in [5.41, 5.74) is 2.00. The number of aliphatic hydroxyl groups is 1. The number of imidazole rings is 1. The van der Waals surface area contributed by atoms with Gasteiger partial charge in [0.1, 0.15) is 12.2 Å². The van der Waals surface area contributed by atoms with E-state index in [1.54, 1.807) is 4.57 Å². The molecule has 3 heterocycles.